The van der Waals surface area contributed by atoms with Crippen molar-refractivity contribution in [3.63, 3.8) is 0 Å². The summed E-state index contributed by atoms with van der Waals surface area (Å²) in [6.45, 7) is 0.183. The van der Waals surface area contributed by atoms with Crippen LogP contribution in [-0.2, 0) is 12.7 Å². The number of primary amides is 1. The highest BCUT2D eigenvalue weighted by atomic mass is 32.1. The lowest BCUT2D eigenvalue weighted by Crippen LogP contribution is -2.10. The number of thiophene rings is 1. The SMILES string of the molecule is NC(=O)c1sc(NCc2cccc(C(F)(F)F)c2)cc1N. The van der Waals surface area contributed by atoms with E-state index in [0.717, 1.165) is 23.5 Å². The third-order valence-corrected chi connectivity index (χ3v) is 3.83. The van der Waals surface area contributed by atoms with Gasteiger partial charge in [0.25, 0.3) is 5.91 Å². The van der Waals surface area contributed by atoms with E-state index in [9.17, 15) is 18.0 Å². The van der Waals surface area contributed by atoms with Gasteiger partial charge in [-0.25, -0.2) is 0 Å². The number of amides is 1. The molecule has 0 aliphatic heterocycles. The van der Waals surface area contributed by atoms with Gasteiger partial charge in [-0.15, -0.1) is 11.3 Å². The molecule has 1 heterocycles. The molecule has 0 unspecified atom stereocenters. The lowest BCUT2D eigenvalue weighted by molar-refractivity contribution is -0.137. The highest BCUT2D eigenvalue weighted by Gasteiger charge is 2.30. The van der Waals surface area contributed by atoms with Crippen LogP contribution in [0.1, 0.15) is 20.8 Å². The van der Waals surface area contributed by atoms with E-state index in [1.807, 2.05) is 0 Å². The number of alkyl halides is 3. The number of halogens is 3. The molecule has 1 amide bonds. The highest BCUT2D eigenvalue weighted by molar-refractivity contribution is 7.18. The van der Waals surface area contributed by atoms with Crippen LogP contribution in [0.3, 0.4) is 0 Å². The molecule has 0 bridgehead atoms. The summed E-state index contributed by atoms with van der Waals surface area (Å²) >= 11 is 1.06. The first-order chi connectivity index (χ1) is 9.77. The molecule has 0 aliphatic carbocycles. The van der Waals surface area contributed by atoms with Crippen LogP contribution in [-0.4, -0.2) is 5.91 Å². The van der Waals surface area contributed by atoms with Gasteiger partial charge in [0, 0.05) is 6.54 Å². The molecule has 0 fully saturated rings. The predicted molar refractivity (Wildman–Crippen MR) is 76.0 cm³/mol. The van der Waals surface area contributed by atoms with Crippen molar-refractivity contribution in [1.29, 1.82) is 0 Å². The second-order valence-electron chi connectivity index (χ2n) is 4.31. The Balaban J connectivity index is 2.10. The molecule has 5 N–H and O–H groups in total. The molecule has 112 valence electrons. The zero-order valence-electron chi connectivity index (χ0n) is 10.7. The Kier molecular flexibility index (Phi) is 4.08. The Morgan fingerprint density at radius 3 is 2.57 bits per heavy atom. The van der Waals surface area contributed by atoms with Gasteiger partial charge in [-0.2, -0.15) is 13.2 Å². The minimum absolute atomic E-state index is 0.183. The Morgan fingerprint density at radius 2 is 2.00 bits per heavy atom. The van der Waals surface area contributed by atoms with E-state index >= 15 is 0 Å². The van der Waals surface area contributed by atoms with E-state index in [4.69, 9.17) is 11.5 Å². The van der Waals surface area contributed by atoms with Gasteiger partial charge < -0.3 is 16.8 Å². The summed E-state index contributed by atoms with van der Waals surface area (Å²) in [6, 6.07) is 6.53. The molecule has 8 heteroatoms. The summed E-state index contributed by atoms with van der Waals surface area (Å²) in [6.07, 6.45) is -4.37. The van der Waals surface area contributed by atoms with E-state index in [2.05, 4.69) is 5.32 Å². The standard InChI is InChI=1S/C13H12F3N3OS/c14-13(15,16)8-3-1-2-7(4-8)6-19-10-5-9(17)11(21-10)12(18)20/h1-5,19H,6,17H2,(H2,18,20). The monoisotopic (exact) mass is 315 g/mol. The number of rotatable bonds is 4. The number of nitrogens with one attached hydrogen (secondary N) is 1. The molecular weight excluding hydrogens is 303 g/mol. The molecule has 0 saturated heterocycles. The molecule has 1 aromatic heterocycles. The summed E-state index contributed by atoms with van der Waals surface area (Å²) < 4.78 is 37.8. The number of carbonyl (C=O) groups excluding carboxylic acids is 1. The zero-order valence-corrected chi connectivity index (χ0v) is 11.5. The van der Waals surface area contributed by atoms with E-state index in [-0.39, 0.29) is 17.1 Å². The van der Waals surface area contributed by atoms with Crippen molar-refractivity contribution in [2.75, 3.05) is 11.1 Å². The number of nitrogen functional groups attached to an aromatic ring is 1. The first-order valence-electron chi connectivity index (χ1n) is 5.86. The van der Waals surface area contributed by atoms with E-state index < -0.39 is 17.6 Å². The quantitative estimate of drug-likeness (QED) is 0.811. The van der Waals surface area contributed by atoms with Crippen molar-refractivity contribution < 1.29 is 18.0 Å². The fraction of sp³-hybridized carbons (Fsp3) is 0.154. The number of hydrogen-bond acceptors (Lipinski definition) is 4. The molecule has 2 aromatic rings. The normalized spacial score (nSPS) is 11.4. The Hall–Kier alpha value is -2.22. The highest BCUT2D eigenvalue weighted by Crippen LogP contribution is 2.31. The lowest BCUT2D eigenvalue weighted by atomic mass is 10.1. The summed E-state index contributed by atoms with van der Waals surface area (Å²) in [4.78, 5) is 11.3. The predicted octanol–water partition coefficient (Wildman–Crippen LogP) is 3.06. The minimum Gasteiger partial charge on any atom is -0.397 e. The second kappa shape index (κ2) is 5.65. The summed E-state index contributed by atoms with van der Waals surface area (Å²) in [5.74, 6) is -0.635. The third-order valence-electron chi connectivity index (χ3n) is 2.71. The van der Waals surface area contributed by atoms with Crippen molar-refractivity contribution in [3.8, 4) is 0 Å². The average Bonchev–Trinajstić information content (AvgIpc) is 2.77. The Morgan fingerprint density at radius 1 is 1.29 bits per heavy atom. The fourth-order valence-corrected chi connectivity index (χ4v) is 2.56. The van der Waals surface area contributed by atoms with Crippen LogP contribution in [0.2, 0.25) is 0 Å². The van der Waals surface area contributed by atoms with Crippen LogP contribution in [0.15, 0.2) is 30.3 Å². The molecule has 21 heavy (non-hydrogen) atoms. The van der Waals surface area contributed by atoms with Crippen molar-refractivity contribution in [2.24, 2.45) is 5.73 Å². The molecular formula is C13H12F3N3OS. The van der Waals surface area contributed by atoms with Crippen molar-refractivity contribution in [2.45, 2.75) is 12.7 Å². The molecule has 0 atom stereocenters. The first kappa shape index (κ1) is 15.2. The maximum Gasteiger partial charge on any atom is 0.416 e. The van der Waals surface area contributed by atoms with Gasteiger partial charge in [-0.1, -0.05) is 12.1 Å². The summed E-state index contributed by atoms with van der Waals surface area (Å²) in [5.41, 5.74) is 10.8. The van der Waals surface area contributed by atoms with E-state index in [0.29, 0.717) is 10.6 Å². The number of hydrogen-bond donors (Lipinski definition) is 3. The smallest absolute Gasteiger partial charge is 0.397 e. The van der Waals surface area contributed by atoms with Crippen LogP contribution in [0.5, 0.6) is 0 Å². The van der Waals surface area contributed by atoms with Crippen LogP contribution >= 0.6 is 11.3 Å². The zero-order chi connectivity index (χ0) is 15.6. The van der Waals surface area contributed by atoms with E-state index in [1.165, 1.54) is 12.1 Å². The third kappa shape index (κ3) is 3.66. The Bertz CT molecular complexity index is 667. The lowest BCUT2D eigenvalue weighted by Gasteiger charge is -2.09. The molecule has 0 radical (unpaired) electrons. The maximum absolute atomic E-state index is 12.6. The summed E-state index contributed by atoms with van der Waals surface area (Å²) in [5, 5.41) is 3.49. The van der Waals surface area contributed by atoms with Crippen molar-refractivity contribution in [3.05, 3.63) is 46.3 Å². The average molecular weight is 315 g/mol. The second-order valence-corrected chi connectivity index (χ2v) is 5.36. The fourth-order valence-electron chi connectivity index (χ4n) is 1.73. The molecule has 0 spiro atoms. The molecule has 1 aromatic carbocycles. The van der Waals surface area contributed by atoms with Crippen molar-refractivity contribution in [1.82, 2.24) is 0 Å². The number of nitrogens with two attached hydrogens (primary N) is 2. The van der Waals surface area contributed by atoms with Gasteiger partial charge in [-0.05, 0) is 23.8 Å². The van der Waals surface area contributed by atoms with Crippen LogP contribution in [0.4, 0.5) is 23.9 Å². The van der Waals surface area contributed by atoms with Crippen LogP contribution < -0.4 is 16.8 Å². The molecule has 2 rings (SSSR count). The number of benzene rings is 1. The largest absolute Gasteiger partial charge is 0.416 e. The topological polar surface area (TPSA) is 81.1 Å². The van der Waals surface area contributed by atoms with Crippen LogP contribution in [0.25, 0.3) is 0 Å². The minimum atomic E-state index is -4.37. The van der Waals surface area contributed by atoms with Gasteiger partial charge in [0.05, 0.1) is 16.3 Å². The number of carbonyl (C=O) groups is 1. The number of anilines is 2. The van der Waals surface area contributed by atoms with E-state index in [1.54, 1.807) is 6.07 Å². The van der Waals surface area contributed by atoms with Gasteiger partial charge in [0.15, 0.2) is 0 Å². The molecule has 4 nitrogen and oxygen atoms in total. The van der Waals surface area contributed by atoms with Gasteiger partial charge in [0.1, 0.15) is 4.88 Å². The van der Waals surface area contributed by atoms with Gasteiger partial charge in [-0.3, -0.25) is 4.79 Å². The molecule has 0 aliphatic rings. The summed E-state index contributed by atoms with van der Waals surface area (Å²) in [7, 11) is 0. The van der Waals surface area contributed by atoms with Crippen LogP contribution in [0, 0.1) is 0 Å². The van der Waals surface area contributed by atoms with Crippen molar-refractivity contribution >= 4 is 27.9 Å². The Labute approximate surface area is 122 Å². The van der Waals surface area contributed by atoms with Gasteiger partial charge >= 0.3 is 6.18 Å². The first-order valence-corrected chi connectivity index (χ1v) is 6.68. The molecule has 0 saturated carbocycles. The van der Waals surface area contributed by atoms with Gasteiger partial charge in [0.2, 0.25) is 0 Å². The maximum atomic E-state index is 12.6.